The van der Waals surface area contributed by atoms with Crippen molar-refractivity contribution < 1.29 is 8.81 Å². The number of benzene rings is 1. The van der Waals surface area contributed by atoms with E-state index in [0.717, 1.165) is 30.6 Å². The van der Waals surface area contributed by atoms with Crippen LogP contribution in [0.3, 0.4) is 0 Å². The predicted octanol–water partition coefficient (Wildman–Crippen LogP) is 4.33. The van der Waals surface area contributed by atoms with E-state index in [9.17, 15) is 4.39 Å². The van der Waals surface area contributed by atoms with Crippen molar-refractivity contribution in [3.63, 3.8) is 0 Å². The van der Waals surface area contributed by atoms with Crippen LogP contribution in [0.15, 0.2) is 41.0 Å². The van der Waals surface area contributed by atoms with E-state index < -0.39 is 0 Å². The maximum absolute atomic E-state index is 13.3. The number of hydrogen-bond acceptors (Lipinski definition) is 2. The molecule has 2 aromatic rings. The zero-order valence-electron chi connectivity index (χ0n) is 12.0. The van der Waals surface area contributed by atoms with Crippen LogP contribution in [0.2, 0.25) is 0 Å². The number of fused-ring (bicyclic) bond motifs is 1. The van der Waals surface area contributed by atoms with E-state index in [0.29, 0.717) is 18.0 Å². The third-order valence-electron chi connectivity index (χ3n) is 4.95. The van der Waals surface area contributed by atoms with Crippen LogP contribution in [0.1, 0.15) is 54.5 Å². The molecule has 0 spiro atoms. The van der Waals surface area contributed by atoms with E-state index in [-0.39, 0.29) is 5.82 Å². The largest absolute Gasteiger partial charge is 0.469 e. The highest BCUT2D eigenvalue weighted by Crippen LogP contribution is 2.39. The van der Waals surface area contributed by atoms with Gasteiger partial charge in [0, 0.05) is 24.1 Å². The van der Waals surface area contributed by atoms with Gasteiger partial charge in [0.15, 0.2) is 0 Å². The Labute approximate surface area is 124 Å². The van der Waals surface area contributed by atoms with Gasteiger partial charge in [0.1, 0.15) is 11.6 Å². The molecule has 1 heterocycles. The summed E-state index contributed by atoms with van der Waals surface area (Å²) >= 11 is 0. The minimum absolute atomic E-state index is 0.126. The molecule has 2 aliphatic rings. The Hall–Kier alpha value is -1.61. The van der Waals surface area contributed by atoms with E-state index in [1.54, 1.807) is 12.3 Å². The second-order valence-corrected chi connectivity index (χ2v) is 6.33. The summed E-state index contributed by atoms with van der Waals surface area (Å²) in [5, 5.41) is 3.76. The normalized spacial score (nSPS) is 28.0. The van der Waals surface area contributed by atoms with Gasteiger partial charge in [-0.25, -0.2) is 4.39 Å². The monoisotopic (exact) mass is 285 g/mol. The van der Waals surface area contributed by atoms with Gasteiger partial charge in [0.05, 0.1) is 6.26 Å². The fourth-order valence-electron chi connectivity index (χ4n) is 3.73. The van der Waals surface area contributed by atoms with Crippen molar-refractivity contribution in [2.75, 3.05) is 0 Å². The summed E-state index contributed by atoms with van der Waals surface area (Å²) in [7, 11) is 0. The maximum atomic E-state index is 13.3. The molecule has 0 aliphatic heterocycles. The van der Waals surface area contributed by atoms with Gasteiger partial charge in [-0.3, -0.25) is 0 Å². The summed E-state index contributed by atoms with van der Waals surface area (Å²) in [6.45, 7) is 0. The Morgan fingerprint density at radius 3 is 2.95 bits per heavy atom. The molecule has 2 nitrogen and oxygen atoms in total. The molecule has 2 aliphatic carbocycles. The van der Waals surface area contributed by atoms with Crippen LogP contribution in [-0.2, 0) is 6.42 Å². The maximum Gasteiger partial charge on any atom is 0.123 e. The van der Waals surface area contributed by atoms with Crippen LogP contribution in [0.25, 0.3) is 0 Å². The van der Waals surface area contributed by atoms with Gasteiger partial charge in [-0.1, -0.05) is 12.1 Å². The van der Waals surface area contributed by atoms with Crippen LogP contribution in [0.5, 0.6) is 0 Å². The van der Waals surface area contributed by atoms with Crippen LogP contribution >= 0.6 is 0 Å². The van der Waals surface area contributed by atoms with Gasteiger partial charge < -0.3 is 9.73 Å². The molecule has 1 atom stereocenters. The molecule has 0 saturated heterocycles. The average Bonchev–Trinajstić information content (AvgIpc) is 2.91. The third-order valence-corrected chi connectivity index (χ3v) is 4.95. The number of halogens is 1. The first-order valence-corrected chi connectivity index (χ1v) is 7.87. The molecule has 110 valence electrons. The number of rotatable bonds is 3. The highest BCUT2D eigenvalue weighted by Gasteiger charge is 2.33. The lowest BCUT2D eigenvalue weighted by molar-refractivity contribution is 0.252. The van der Waals surface area contributed by atoms with Crippen molar-refractivity contribution in [1.82, 2.24) is 5.32 Å². The molecule has 1 unspecified atom stereocenters. The average molecular weight is 285 g/mol. The van der Waals surface area contributed by atoms with Gasteiger partial charge in [0.2, 0.25) is 0 Å². The molecule has 1 N–H and O–H groups in total. The summed E-state index contributed by atoms with van der Waals surface area (Å²) in [5.74, 6) is 1.53. The smallest absolute Gasteiger partial charge is 0.123 e. The first-order chi connectivity index (χ1) is 10.3. The highest BCUT2D eigenvalue weighted by molar-refractivity contribution is 5.26. The molecular formula is C18H20FNO. The summed E-state index contributed by atoms with van der Waals surface area (Å²) in [5.41, 5.74) is 2.48. The van der Waals surface area contributed by atoms with Gasteiger partial charge >= 0.3 is 0 Å². The van der Waals surface area contributed by atoms with E-state index in [2.05, 4.69) is 11.4 Å². The molecule has 4 rings (SSSR count). The molecule has 0 radical (unpaired) electrons. The van der Waals surface area contributed by atoms with Gasteiger partial charge in [-0.15, -0.1) is 0 Å². The molecule has 3 heteroatoms. The fraction of sp³-hybridized carbons (Fsp3) is 0.444. The highest BCUT2D eigenvalue weighted by atomic mass is 19.1. The lowest BCUT2D eigenvalue weighted by Crippen LogP contribution is -2.42. The van der Waals surface area contributed by atoms with Gasteiger partial charge in [-0.05, 0) is 55.4 Å². The number of hydrogen-bond donors (Lipinski definition) is 1. The minimum atomic E-state index is -0.126. The summed E-state index contributed by atoms with van der Waals surface area (Å²) < 4.78 is 18.8. The molecule has 0 bridgehead atoms. The van der Waals surface area contributed by atoms with E-state index in [1.165, 1.54) is 24.5 Å². The van der Waals surface area contributed by atoms with Gasteiger partial charge in [-0.2, -0.15) is 0 Å². The topological polar surface area (TPSA) is 25.2 Å². The molecule has 1 aromatic carbocycles. The summed E-state index contributed by atoms with van der Waals surface area (Å²) in [4.78, 5) is 0. The SMILES string of the molecule is Fc1cccc(C2CC(NC3CCCc4occc43)C2)c1. The lowest BCUT2D eigenvalue weighted by atomic mass is 9.75. The minimum Gasteiger partial charge on any atom is -0.469 e. The van der Waals surface area contributed by atoms with Crippen LogP contribution in [0.4, 0.5) is 4.39 Å². The Kier molecular flexibility index (Phi) is 3.30. The van der Waals surface area contributed by atoms with Crippen molar-refractivity contribution in [2.24, 2.45) is 0 Å². The van der Waals surface area contributed by atoms with Crippen molar-refractivity contribution in [3.05, 3.63) is 59.3 Å². The lowest BCUT2D eigenvalue weighted by Gasteiger charge is -2.39. The number of nitrogens with one attached hydrogen (secondary N) is 1. The quantitative estimate of drug-likeness (QED) is 0.908. The second kappa shape index (κ2) is 5.30. The first kappa shape index (κ1) is 13.1. The van der Waals surface area contributed by atoms with Crippen molar-refractivity contribution in [2.45, 2.75) is 50.1 Å². The third kappa shape index (κ3) is 2.51. The molecular weight excluding hydrogens is 265 g/mol. The summed E-state index contributed by atoms with van der Waals surface area (Å²) in [6.07, 6.45) is 7.46. The van der Waals surface area contributed by atoms with Crippen molar-refractivity contribution >= 4 is 0 Å². The number of furan rings is 1. The zero-order chi connectivity index (χ0) is 14.2. The standard InChI is InChI=1S/C18H20FNO/c19-14-4-1-3-12(9-14)13-10-15(11-13)20-17-5-2-6-18-16(17)7-8-21-18/h1,3-4,7-9,13,15,17,20H,2,5-6,10-11H2. The molecule has 1 saturated carbocycles. The van der Waals surface area contributed by atoms with Crippen molar-refractivity contribution in [1.29, 1.82) is 0 Å². The Bertz CT molecular complexity index is 630. The first-order valence-electron chi connectivity index (χ1n) is 7.87. The fourth-order valence-corrected chi connectivity index (χ4v) is 3.73. The van der Waals surface area contributed by atoms with Crippen molar-refractivity contribution in [3.8, 4) is 0 Å². The molecule has 1 fully saturated rings. The summed E-state index contributed by atoms with van der Waals surface area (Å²) in [6, 6.07) is 10.1. The van der Waals surface area contributed by atoms with E-state index in [1.807, 2.05) is 12.1 Å². The Balaban J connectivity index is 1.37. The van der Waals surface area contributed by atoms with Crippen LogP contribution < -0.4 is 5.32 Å². The molecule has 0 amide bonds. The number of aryl methyl sites for hydroxylation is 1. The van der Waals surface area contributed by atoms with Crippen LogP contribution in [0, 0.1) is 5.82 Å². The van der Waals surface area contributed by atoms with Crippen LogP contribution in [-0.4, -0.2) is 6.04 Å². The van der Waals surface area contributed by atoms with E-state index >= 15 is 0 Å². The molecule has 1 aromatic heterocycles. The Morgan fingerprint density at radius 1 is 1.19 bits per heavy atom. The predicted molar refractivity (Wildman–Crippen MR) is 79.7 cm³/mol. The van der Waals surface area contributed by atoms with E-state index in [4.69, 9.17) is 4.42 Å². The Morgan fingerprint density at radius 2 is 2.10 bits per heavy atom. The molecule has 21 heavy (non-hydrogen) atoms. The van der Waals surface area contributed by atoms with Gasteiger partial charge in [0.25, 0.3) is 0 Å². The second-order valence-electron chi connectivity index (χ2n) is 6.33. The zero-order valence-corrected chi connectivity index (χ0v) is 12.0.